The Morgan fingerprint density at radius 2 is 1.81 bits per heavy atom. The van der Waals surface area contributed by atoms with Crippen LogP contribution >= 0.6 is 0 Å². The van der Waals surface area contributed by atoms with E-state index in [0.29, 0.717) is 19.7 Å². The minimum Gasteiger partial charge on any atom is -0.494 e. The molecule has 8 heteroatoms. The van der Waals surface area contributed by atoms with E-state index < -0.39 is 0 Å². The topological polar surface area (TPSA) is 81.4 Å². The maximum atomic E-state index is 12.7. The number of aryl methyl sites for hydroxylation is 1. The lowest BCUT2D eigenvalue weighted by Crippen LogP contribution is -2.41. The van der Waals surface area contributed by atoms with Crippen molar-refractivity contribution in [3.05, 3.63) is 40.6 Å². The second-order valence-corrected chi connectivity index (χ2v) is 8.99. The Bertz CT molecular complexity index is 951. The van der Waals surface area contributed by atoms with Gasteiger partial charge in [-0.2, -0.15) is 5.10 Å². The van der Waals surface area contributed by atoms with E-state index in [2.05, 4.69) is 17.3 Å². The summed E-state index contributed by atoms with van der Waals surface area (Å²) in [5.41, 5.74) is 0.758. The van der Waals surface area contributed by atoms with Gasteiger partial charge in [-0.05, 0) is 56.4 Å². The zero-order valence-corrected chi connectivity index (χ0v) is 19.3. The predicted molar refractivity (Wildman–Crippen MR) is 124 cm³/mol. The van der Waals surface area contributed by atoms with E-state index in [-0.39, 0.29) is 23.7 Å². The molecule has 1 aliphatic carbocycles. The van der Waals surface area contributed by atoms with Crippen LogP contribution in [0.5, 0.6) is 5.75 Å². The molecule has 2 fully saturated rings. The van der Waals surface area contributed by atoms with Gasteiger partial charge in [0.05, 0.1) is 6.61 Å². The van der Waals surface area contributed by atoms with Gasteiger partial charge in [0.1, 0.15) is 11.6 Å². The van der Waals surface area contributed by atoms with Crippen molar-refractivity contribution in [2.45, 2.75) is 70.3 Å². The number of hydrogen-bond acceptors (Lipinski definition) is 4. The average molecular weight is 442 g/mol. The number of urea groups is 1. The van der Waals surface area contributed by atoms with Crippen LogP contribution in [0.15, 0.2) is 29.1 Å². The first kappa shape index (κ1) is 22.4. The Morgan fingerprint density at radius 3 is 2.47 bits per heavy atom. The van der Waals surface area contributed by atoms with Crippen LogP contribution in [-0.2, 0) is 7.05 Å². The number of aromatic nitrogens is 3. The summed E-state index contributed by atoms with van der Waals surface area (Å²) in [4.78, 5) is 27.3. The van der Waals surface area contributed by atoms with Gasteiger partial charge in [-0.25, -0.2) is 14.3 Å². The molecule has 1 saturated carbocycles. The Hall–Kier alpha value is -2.77. The molecular weight excluding hydrogens is 406 g/mol. The SMILES string of the molecule is CCCCOc1ccc(NC(=O)N2CCC(c3nn(C)c(=O)n3C3CCCC3)CC2)cc1. The molecule has 1 aliphatic heterocycles. The number of unbranched alkanes of at least 4 members (excludes halogenated alkanes) is 1. The number of anilines is 1. The number of likely N-dealkylation sites (tertiary alicyclic amines) is 1. The number of rotatable bonds is 7. The van der Waals surface area contributed by atoms with Crippen molar-refractivity contribution in [1.29, 1.82) is 0 Å². The minimum absolute atomic E-state index is 0.00538. The third-order valence-corrected chi connectivity index (χ3v) is 6.69. The van der Waals surface area contributed by atoms with E-state index in [1.54, 1.807) is 7.05 Å². The molecule has 32 heavy (non-hydrogen) atoms. The molecule has 1 aromatic heterocycles. The van der Waals surface area contributed by atoms with Crippen LogP contribution in [0.2, 0.25) is 0 Å². The molecule has 0 atom stereocenters. The normalized spacial score (nSPS) is 17.6. The number of nitrogens with zero attached hydrogens (tertiary/aromatic N) is 4. The van der Waals surface area contributed by atoms with Crippen LogP contribution in [0.1, 0.15) is 76.1 Å². The van der Waals surface area contributed by atoms with Gasteiger partial charge in [0, 0.05) is 37.8 Å². The fourth-order valence-electron chi connectivity index (χ4n) is 4.79. The summed E-state index contributed by atoms with van der Waals surface area (Å²) in [6, 6.07) is 7.72. The van der Waals surface area contributed by atoms with Crippen LogP contribution in [0, 0.1) is 0 Å². The molecule has 174 valence electrons. The second-order valence-electron chi connectivity index (χ2n) is 8.99. The van der Waals surface area contributed by atoms with Crippen LogP contribution < -0.4 is 15.7 Å². The fraction of sp³-hybridized carbons (Fsp3) is 0.625. The van der Waals surface area contributed by atoms with E-state index in [1.807, 2.05) is 33.7 Å². The quantitative estimate of drug-likeness (QED) is 0.650. The summed E-state index contributed by atoms with van der Waals surface area (Å²) in [6.07, 6.45) is 8.24. The van der Waals surface area contributed by atoms with Crippen molar-refractivity contribution in [3.8, 4) is 5.75 Å². The van der Waals surface area contributed by atoms with Crippen molar-refractivity contribution < 1.29 is 9.53 Å². The number of piperidine rings is 1. The number of carbonyl (C=O) groups is 1. The summed E-state index contributed by atoms with van der Waals surface area (Å²) >= 11 is 0. The molecule has 1 aromatic carbocycles. The highest BCUT2D eigenvalue weighted by Crippen LogP contribution is 2.33. The van der Waals surface area contributed by atoms with E-state index in [0.717, 1.165) is 55.8 Å². The summed E-state index contributed by atoms with van der Waals surface area (Å²) in [7, 11) is 1.74. The summed E-state index contributed by atoms with van der Waals surface area (Å²) in [5, 5.41) is 7.57. The molecule has 1 N–H and O–H groups in total. The Kier molecular flexibility index (Phi) is 7.17. The highest BCUT2D eigenvalue weighted by Gasteiger charge is 2.31. The first-order valence-corrected chi connectivity index (χ1v) is 12.0. The highest BCUT2D eigenvalue weighted by molar-refractivity contribution is 5.89. The first-order valence-electron chi connectivity index (χ1n) is 12.0. The van der Waals surface area contributed by atoms with Crippen molar-refractivity contribution >= 4 is 11.7 Å². The first-order chi connectivity index (χ1) is 15.6. The van der Waals surface area contributed by atoms with Crippen molar-refractivity contribution in [3.63, 3.8) is 0 Å². The van der Waals surface area contributed by atoms with Crippen LogP contribution in [-0.4, -0.2) is 45.0 Å². The molecule has 0 radical (unpaired) electrons. The molecule has 2 aromatic rings. The van der Waals surface area contributed by atoms with Crippen LogP contribution in [0.4, 0.5) is 10.5 Å². The van der Waals surface area contributed by atoms with Crippen molar-refractivity contribution in [1.82, 2.24) is 19.2 Å². The zero-order chi connectivity index (χ0) is 22.5. The van der Waals surface area contributed by atoms with Crippen molar-refractivity contribution in [2.24, 2.45) is 7.05 Å². The Morgan fingerprint density at radius 1 is 1.12 bits per heavy atom. The second kappa shape index (κ2) is 10.2. The molecule has 0 unspecified atom stereocenters. The monoisotopic (exact) mass is 441 g/mol. The van der Waals surface area contributed by atoms with Gasteiger partial charge in [-0.3, -0.25) is 4.57 Å². The highest BCUT2D eigenvalue weighted by atomic mass is 16.5. The molecule has 0 spiro atoms. The lowest BCUT2D eigenvalue weighted by Gasteiger charge is -2.32. The summed E-state index contributed by atoms with van der Waals surface area (Å²) in [6.45, 7) is 4.16. The van der Waals surface area contributed by atoms with Gasteiger partial charge in [-0.1, -0.05) is 26.2 Å². The van der Waals surface area contributed by atoms with E-state index >= 15 is 0 Å². The lowest BCUT2D eigenvalue weighted by molar-refractivity contribution is 0.192. The number of nitrogens with one attached hydrogen (secondary N) is 1. The number of hydrogen-bond donors (Lipinski definition) is 1. The molecule has 4 rings (SSSR count). The maximum Gasteiger partial charge on any atom is 0.345 e. The molecule has 8 nitrogen and oxygen atoms in total. The van der Waals surface area contributed by atoms with Crippen LogP contribution in [0.3, 0.4) is 0 Å². The summed E-state index contributed by atoms with van der Waals surface area (Å²) < 4.78 is 9.09. The standard InChI is InChI=1S/C24H35N5O3/c1-3-4-17-32-21-11-9-19(10-12-21)25-23(30)28-15-13-18(14-16-28)22-26-27(2)24(31)29(22)20-7-5-6-8-20/h9-12,18,20H,3-8,13-17H2,1-2H3,(H,25,30). The Balaban J connectivity index is 1.33. The van der Waals surface area contributed by atoms with E-state index in [1.165, 1.54) is 17.5 Å². The molecule has 2 amide bonds. The molecule has 0 bridgehead atoms. The average Bonchev–Trinajstić information content (AvgIpc) is 3.43. The fourth-order valence-corrected chi connectivity index (χ4v) is 4.79. The van der Waals surface area contributed by atoms with Gasteiger partial charge >= 0.3 is 11.7 Å². The van der Waals surface area contributed by atoms with Gasteiger partial charge in [-0.15, -0.1) is 0 Å². The third kappa shape index (κ3) is 5.00. The summed E-state index contributed by atoms with van der Waals surface area (Å²) in [5.74, 6) is 1.94. The van der Waals surface area contributed by atoms with Crippen LogP contribution in [0.25, 0.3) is 0 Å². The predicted octanol–water partition coefficient (Wildman–Crippen LogP) is 4.29. The van der Waals surface area contributed by atoms with Gasteiger partial charge in [0.15, 0.2) is 0 Å². The number of benzene rings is 1. The zero-order valence-electron chi connectivity index (χ0n) is 19.3. The largest absolute Gasteiger partial charge is 0.494 e. The number of carbonyl (C=O) groups excluding carboxylic acids is 1. The maximum absolute atomic E-state index is 12.7. The molecule has 2 aliphatic rings. The van der Waals surface area contributed by atoms with Gasteiger partial charge in [0.25, 0.3) is 0 Å². The molecule has 2 heterocycles. The van der Waals surface area contributed by atoms with E-state index in [9.17, 15) is 9.59 Å². The van der Waals surface area contributed by atoms with Gasteiger partial charge < -0.3 is 15.0 Å². The van der Waals surface area contributed by atoms with E-state index in [4.69, 9.17) is 4.74 Å². The number of amides is 2. The molecule has 1 saturated heterocycles. The van der Waals surface area contributed by atoms with Gasteiger partial charge in [0.2, 0.25) is 0 Å². The molecular formula is C24H35N5O3. The lowest BCUT2D eigenvalue weighted by atomic mass is 9.95. The minimum atomic E-state index is -0.0858. The smallest absolute Gasteiger partial charge is 0.345 e. The third-order valence-electron chi connectivity index (χ3n) is 6.69. The Labute approximate surface area is 189 Å². The van der Waals surface area contributed by atoms with Crippen molar-refractivity contribution in [2.75, 3.05) is 25.0 Å². The number of ether oxygens (including phenoxy) is 1.